The number of piperazine rings is 1. The van der Waals surface area contributed by atoms with Crippen molar-refractivity contribution in [3.63, 3.8) is 0 Å². The summed E-state index contributed by atoms with van der Waals surface area (Å²) >= 11 is 0. The predicted molar refractivity (Wildman–Crippen MR) is 139 cm³/mol. The molecule has 5 rings (SSSR count). The quantitative estimate of drug-likeness (QED) is 0.514. The molecular formula is C28H32N4O4. The number of rotatable bonds is 6. The molecule has 0 radical (unpaired) electrons. The second-order valence-corrected chi connectivity index (χ2v) is 9.24. The normalized spacial score (nSPS) is 17.6. The van der Waals surface area contributed by atoms with Gasteiger partial charge in [-0.25, -0.2) is 9.97 Å². The number of hydrogen-bond donors (Lipinski definition) is 0. The summed E-state index contributed by atoms with van der Waals surface area (Å²) in [7, 11) is 4.96. The highest BCUT2D eigenvalue weighted by Crippen LogP contribution is 2.39. The first kappa shape index (κ1) is 23.9. The van der Waals surface area contributed by atoms with Gasteiger partial charge < -0.3 is 24.0 Å². The number of aromatic nitrogens is 2. The molecule has 8 nitrogen and oxygen atoms in total. The van der Waals surface area contributed by atoms with Gasteiger partial charge in [0.05, 0.1) is 38.3 Å². The minimum atomic E-state index is -0.00193. The summed E-state index contributed by atoms with van der Waals surface area (Å²) in [5.41, 5.74) is 4.42. The van der Waals surface area contributed by atoms with Crippen LogP contribution in [0.25, 0.3) is 0 Å². The van der Waals surface area contributed by atoms with Crippen LogP contribution in [0.15, 0.2) is 42.5 Å². The van der Waals surface area contributed by atoms with Gasteiger partial charge in [0.2, 0.25) is 5.95 Å². The predicted octanol–water partition coefficient (Wildman–Crippen LogP) is 4.05. The molecule has 1 saturated heterocycles. The van der Waals surface area contributed by atoms with Gasteiger partial charge in [-0.2, -0.15) is 0 Å². The fraction of sp³-hybridized carbons (Fsp3) is 0.393. The Morgan fingerprint density at radius 3 is 2.28 bits per heavy atom. The van der Waals surface area contributed by atoms with Crippen molar-refractivity contribution in [3.8, 4) is 17.2 Å². The van der Waals surface area contributed by atoms with Gasteiger partial charge in [0, 0.05) is 56.3 Å². The molecule has 1 atom stereocenters. The fourth-order valence-corrected chi connectivity index (χ4v) is 5.25. The van der Waals surface area contributed by atoms with Crippen LogP contribution in [0.3, 0.4) is 0 Å². The van der Waals surface area contributed by atoms with Crippen LogP contribution >= 0.6 is 0 Å². The number of ether oxygens (including phenoxy) is 3. The lowest BCUT2D eigenvalue weighted by atomic mass is 9.81. The van der Waals surface area contributed by atoms with E-state index >= 15 is 0 Å². The maximum atomic E-state index is 13.2. The molecule has 0 bridgehead atoms. The van der Waals surface area contributed by atoms with E-state index in [1.54, 1.807) is 21.3 Å². The van der Waals surface area contributed by atoms with E-state index in [0.717, 1.165) is 66.1 Å². The second-order valence-electron chi connectivity index (χ2n) is 9.24. The maximum absolute atomic E-state index is 13.2. The molecular weight excluding hydrogens is 456 g/mol. The molecule has 0 amide bonds. The van der Waals surface area contributed by atoms with Crippen LogP contribution < -0.4 is 24.0 Å². The van der Waals surface area contributed by atoms with Gasteiger partial charge in [0.25, 0.3) is 0 Å². The van der Waals surface area contributed by atoms with Crippen molar-refractivity contribution < 1.29 is 19.0 Å². The zero-order chi connectivity index (χ0) is 25.2. The van der Waals surface area contributed by atoms with Crippen LogP contribution in [0.1, 0.15) is 39.6 Å². The molecule has 1 aromatic heterocycles. The lowest BCUT2D eigenvalue weighted by Crippen LogP contribution is -2.47. The first-order valence-electron chi connectivity index (χ1n) is 12.3. The number of carbonyl (C=O) groups is 1. The van der Waals surface area contributed by atoms with Crippen molar-refractivity contribution in [2.45, 2.75) is 25.7 Å². The minimum absolute atomic E-state index is 0.00193. The molecule has 1 fully saturated rings. The third-order valence-corrected chi connectivity index (χ3v) is 7.16. The minimum Gasteiger partial charge on any atom is -0.497 e. The summed E-state index contributed by atoms with van der Waals surface area (Å²) in [5.74, 6) is 3.11. The standard InChI is InChI=1S/C28H32N4O4/c1-18-27-24(14-19(15-25(27)33)23-9-8-22(35-3)17-26(23)36-4)30-28(29-18)32-12-10-31(11-13-32)20-6-5-7-21(16-20)34-2/h5-9,16-17,19H,10-15H2,1-4H3. The van der Waals surface area contributed by atoms with Gasteiger partial charge in [-0.05, 0) is 37.1 Å². The van der Waals surface area contributed by atoms with Gasteiger partial charge in [0.1, 0.15) is 17.2 Å². The molecule has 1 aliphatic carbocycles. The van der Waals surface area contributed by atoms with Gasteiger partial charge in [-0.3, -0.25) is 4.79 Å². The maximum Gasteiger partial charge on any atom is 0.225 e. The van der Waals surface area contributed by atoms with E-state index in [4.69, 9.17) is 24.2 Å². The molecule has 36 heavy (non-hydrogen) atoms. The first-order chi connectivity index (χ1) is 17.5. The molecule has 2 aromatic carbocycles. The average Bonchev–Trinajstić information content (AvgIpc) is 2.92. The summed E-state index contributed by atoms with van der Waals surface area (Å²) in [6, 6.07) is 13.9. The number of nitrogens with zero attached hydrogens (tertiary/aromatic N) is 4. The van der Waals surface area contributed by atoms with Crippen molar-refractivity contribution in [2.24, 2.45) is 0 Å². The number of carbonyl (C=O) groups excluding carboxylic acids is 1. The molecule has 2 aliphatic rings. The topological polar surface area (TPSA) is 77.0 Å². The van der Waals surface area contributed by atoms with Crippen LogP contribution in [-0.2, 0) is 6.42 Å². The Morgan fingerprint density at radius 2 is 1.56 bits per heavy atom. The number of aryl methyl sites for hydroxylation is 1. The summed E-state index contributed by atoms with van der Waals surface area (Å²) in [4.78, 5) is 27.4. The number of anilines is 2. The highest BCUT2D eigenvalue weighted by Gasteiger charge is 2.32. The van der Waals surface area contributed by atoms with E-state index in [2.05, 4.69) is 21.9 Å². The van der Waals surface area contributed by atoms with Gasteiger partial charge in [0.15, 0.2) is 5.78 Å². The average molecular weight is 489 g/mol. The third kappa shape index (κ3) is 4.55. The Morgan fingerprint density at radius 1 is 0.833 bits per heavy atom. The molecule has 0 N–H and O–H groups in total. The SMILES string of the molecule is COc1cccc(N2CCN(c3nc(C)c4c(n3)CC(c3ccc(OC)cc3OC)CC4=O)CC2)c1. The fourth-order valence-electron chi connectivity index (χ4n) is 5.25. The number of fused-ring (bicyclic) bond motifs is 1. The molecule has 1 unspecified atom stereocenters. The van der Waals surface area contributed by atoms with E-state index in [-0.39, 0.29) is 11.7 Å². The van der Waals surface area contributed by atoms with E-state index in [1.807, 2.05) is 37.3 Å². The largest absolute Gasteiger partial charge is 0.497 e. The number of benzene rings is 2. The van der Waals surface area contributed by atoms with Gasteiger partial charge in [-0.1, -0.05) is 12.1 Å². The molecule has 3 aromatic rings. The highest BCUT2D eigenvalue weighted by atomic mass is 16.5. The van der Waals surface area contributed by atoms with Crippen molar-refractivity contribution in [3.05, 3.63) is 65.0 Å². The molecule has 0 saturated carbocycles. The number of Topliss-reactive ketones (excluding diaryl/α,β-unsaturated/α-hetero) is 1. The van der Waals surface area contributed by atoms with Gasteiger partial charge >= 0.3 is 0 Å². The van der Waals surface area contributed by atoms with Crippen molar-refractivity contribution in [2.75, 3.05) is 57.3 Å². The van der Waals surface area contributed by atoms with E-state index < -0.39 is 0 Å². The Kier molecular flexibility index (Phi) is 6.67. The van der Waals surface area contributed by atoms with Crippen LogP contribution in [0.5, 0.6) is 17.2 Å². The molecule has 0 spiro atoms. The number of methoxy groups -OCH3 is 3. The molecule has 1 aliphatic heterocycles. The molecule has 2 heterocycles. The third-order valence-electron chi connectivity index (χ3n) is 7.16. The zero-order valence-electron chi connectivity index (χ0n) is 21.3. The molecule has 8 heteroatoms. The Bertz CT molecular complexity index is 1270. The first-order valence-corrected chi connectivity index (χ1v) is 12.3. The summed E-state index contributed by atoms with van der Waals surface area (Å²) in [6.45, 7) is 5.25. The van der Waals surface area contributed by atoms with Crippen molar-refractivity contribution in [1.29, 1.82) is 0 Å². The monoisotopic (exact) mass is 488 g/mol. The van der Waals surface area contributed by atoms with Crippen LogP contribution in [0.2, 0.25) is 0 Å². The smallest absolute Gasteiger partial charge is 0.225 e. The van der Waals surface area contributed by atoms with E-state index in [9.17, 15) is 4.79 Å². The van der Waals surface area contributed by atoms with E-state index in [0.29, 0.717) is 24.4 Å². The number of ketones is 1. The highest BCUT2D eigenvalue weighted by molar-refractivity contribution is 5.99. The number of hydrogen-bond acceptors (Lipinski definition) is 8. The second kappa shape index (κ2) is 10.0. The van der Waals surface area contributed by atoms with E-state index in [1.165, 1.54) is 0 Å². The summed E-state index contributed by atoms with van der Waals surface area (Å²) in [6.07, 6.45) is 1.09. The van der Waals surface area contributed by atoms with Crippen LogP contribution in [0, 0.1) is 6.92 Å². The zero-order valence-corrected chi connectivity index (χ0v) is 21.3. The summed E-state index contributed by atoms with van der Waals surface area (Å²) < 4.78 is 16.3. The Labute approximate surface area is 211 Å². The molecule has 188 valence electrons. The van der Waals surface area contributed by atoms with Crippen LogP contribution in [0.4, 0.5) is 11.6 Å². The summed E-state index contributed by atoms with van der Waals surface area (Å²) in [5, 5.41) is 0. The van der Waals surface area contributed by atoms with Crippen LogP contribution in [-0.4, -0.2) is 63.3 Å². The lowest BCUT2D eigenvalue weighted by Gasteiger charge is -2.36. The lowest BCUT2D eigenvalue weighted by molar-refractivity contribution is 0.0961. The van der Waals surface area contributed by atoms with Crippen molar-refractivity contribution >= 4 is 17.4 Å². The van der Waals surface area contributed by atoms with Gasteiger partial charge in [-0.15, -0.1) is 0 Å². The Balaban J connectivity index is 1.36. The van der Waals surface area contributed by atoms with Crippen molar-refractivity contribution in [1.82, 2.24) is 9.97 Å². The Hall–Kier alpha value is -3.81.